The molecule has 1 aromatic carbocycles. The third-order valence-electron chi connectivity index (χ3n) is 1.83. The van der Waals surface area contributed by atoms with Crippen LogP contribution in [0.3, 0.4) is 0 Å². The average Bonchev–Trinajstić information content (AvgIpc) is 2.16. The molecule has 0 saturated carbocycles. The minimum Gasteiger partial charge on any atom is -0.395 e. The minimum absolute atomic E-state index is 0.0624. The van der Waals surface area contributed by atoms with Crippen LogP contribution in [-0.2, 0) is 6.42 Å². The van der Waals surface area contributed by atoms with Crippen molar-refractivity contribution in [1.82, 2.24) is 5.32 Å². The van der Waals surface area contributed by atoms with Gasteiger partial charge < -0.3 is 10.4 Å². The second-order valence-electron chi connectivity index (χ2n) is 2.77. The van der Waals surface area contributed by atoms with Crippen LogP contribution in [0.1, 0.15) is 5.56 Å². The largest absolute Gasteiger partial charge is 0.395 e. The predicted molar refractivity (Wildman–Crippen MR) is 49.5 cm³/mol. The molecule has 1 unspecified atom stereocenters. The van der Waals surface area contributed by atoms with E-state index >= 15 is 0 Å². The van der Waals surface area contributed by atoms with Gasteiger partial charge in [0.25, 0.3) is 0 Å². The Kier molecular flexibility index (Phi) is 3.77. The van der Waals surface area contributed by atoms with Gasteiger partial charge in [-0.2, -0.15) is 0 Å². The van der Waals surface area contributed by atoms with E-state index in [0.29, 0.717) is 0 Å². The summed E-state index contributed by atoms with van der Waals surface area (Å²) in [5, 5.41) is 11.7. The molecule has 0 spiro atoms. The van der Waals surface area contributed by atoms with Gasteiger partial charge in [-0.15, -0.1) is 0 Å². The molecule has 0 heterocycles. The van der Waals surface area contributed by atoms with Crippen molar-refractivity contribution in [2.24, 2.45) is 0 Å². The van der Waals surface area contributed by atoms with E-state index in [1.54, 1.807) is 0 Å². The first-order valence-corrected chi connectivity index (χ1v) is 4.04. The summed E-state index contributed by atoms with van der Waals surface area (Å²) in [5.74, 6) is 0. The van der Waals surface area contributed by atoms with Gasteiger partial charge in [-0.05, 0) is 12.0 Å². The molecule has 1 radical (unpaired) electrons. The predicted octanol–water partition coefficient (Wildman–Crippen LogP) is 0.971. The highest BCUT2D eigenvalue weighted by atomic mass is 16.3. The van der Waals surface area contributed by atoms with Crippen LogP contribution in [0.25, 0.3) is 0 Å². The van der Waals surface area contributed by atoms with Crippen LogP contribution < -0.4 is 5.32 Å². The van der Waals surface area contributed by atoms with E-state index in [-0.39, 0.29) is 12.6 Å². The normalized spacial score (nSPS) is 12.8. The van der Waals surface area contributed by atoms with Gasteiger partial charge in [-0.1, -0.05) is 30.3 Å². The SMILES string of the molecule is [CH2]NC(CO)Cc1ccccc1. The van der Waals surface area contributed by atoms with Crippen LogP contribution in [0.4, 0.5) is 0 Å². The zero-order valence-electron chi connectivity index (χ0n) is 7.03. The maximum absolute atomic E-state index is 8.88. The molecule has 65 valence electrons. The lowest BCUT2D eigenvalue weighted by molar-refractivity contribution is 0.251. The highest BCUT2D eigenvalue weighted by molar-refractivity contribution is 5.15. The van der Waals surface area contributed by atoms with Gasteiger partial charge in [0.05, 0.1) is 6.61 Å². The van der Waals surface area contributed by atoms with Crippen molar-refractivity contribution in [3.8, 4) is 0 Å². The molecule has 12 heavy (non-hydrogen) atoms. The van der Waals surface area contributed by atoms with Gasteiger partial charge in [-0.25, -0.2) is 0 Å². The molecule has 0 saturated heterocycles. The topological polar surface area (TPSA) is 32.3 Å². The Balaban J connectivity index is 2.51. The Labute approximate surface area is 73.2 Å². The summed E-state index contributed by atoms with van der Waals surface area (Å²) >= 11 is 0. The lowest BCUT2D eigenvalue weighted by atomic mass is 10.1. The second kappa shape index (κ2) is 4.91. The molecule has 0 fully saturated rings. The van der Waals surface area contributed by atoms with Crippen LogP contribution in [-0.4, -0.2) is 17.8 Å². The van der Waals surface area contributed by atoms with E-state index in [1.807, 2.05) is 30.3 Å². The molecule has 1 aromatic rings. The van der Waals surface area contributed by atoms with Crippen molar-refractivity contribution in [3.63, 3.8) is 0 Å². The van der Waals surface area contributed by atoms with Crippen molar-refractivity contribution in [2.75, 3.05) is 6.61 Å². The van der Waals surface area contributed by atoms with Gasteiger partial charge in [0.15, 0.2) is 0 Å². The minimum atomic E-state index is 0.0624. The molecule has 2 heteroatoms. The highest BCUT2D eigenvalue weighted by Gasteiger charge is 2.03. The van der Waals surface area contributed by atoms with E-state index < -0.39 is 0 Å². The quantitative estimate of drug-likeness (QED) is 0.695. The van der Waals surface area contributed by atoms with Gasteiger partial charge in [0.2, 0.25) is 0 Å². The maximum Gasteiger partial charge on any atom is 0.0587 e. The summed E-state index contributed by atoms with van der Waals surface area (Å²) < 4.78 is 0. The Morgan fingerprint density at radius 1 is 1.33 bits per heavy atom. The van der Waals surface area contributed by atoms with Crippen molar-refractivity contribution in [3.05, 3.63) is 42.9 Å². The third kappa shape index (κ3) is 2.64. The summed E-state index contributed by atoms with van der Waals surface area (Å²) in [4.78, 5) is 0. The zero-order valence-corrected chi connectivity index (χ0v) is 7.03. The van der Waals surface area contributed by atoms with Gasteiger partial charge in [0.1, 0.15) is 0 Å². The Morgan fingerprint density at radius 3 is 2.50 bits per heavy atom. The summed E-state index contributed by atoms with van der Waals surface area (Å²) in [6.45, 7) is 0.123. The fraction of sp³-hybridized carbons (Fsp3) is 0.300. The van der Waals surface area contributed by atoms with E-state index in [2.05, 4.69) is 12.4 Å². The molecular formula is C10H14NO. The smallest absolute Gasteiger partial charge is 0.0587 e. The molecule has 2 N–H and O–H groups in total. The van der Waals surface area contributed by atoms with Crippen LogP contribution in [0.2, 0.25) is 0 Å². The van der Waals surface area contributed by atoms with E-state index in [9.17, 15) is 0 Å². The summed E-state index contributed by atoms with van der Waals surface area (Å²) in [5.41, 5.74) is 1.22. The Morgan fingerprint density at radius 2 is 2.00 bits per heavy atom. The number of nitrogens with one attached hydrogen (secondary N) is 1. The Hall–Kier alpha value is -0.860. The average molecular weight is 164 g/mol. The van der Waals surface area contributed by atoms with Gasteiger partial charge in [-0.3, -0.25) is 0 Å². The number of rotatable bonds is 4. The third-order valence-corrected chi connectivity index (χ3v) is 1.83. The van der Waals surface area contributed by atoms with Crippen LogP contribution in [0, 0.1) is 7.05 Å². The molecule has 0 aliphatic heterocycles. The summed E-state index contributed by atoms with van der Waals surface area (Å²) in [6, 6.07) is 10.1. The number of benzene rings is 1. The molecule has 1 rings (SSSR count). The van der Waals surface area contributed by atoms with Gasteiger partial charge in [0, 0.05) is 13.1 Å². The molecular weight excluding hydrogens is 150 g/mol. The van der Waals surface area contributed by atoms with Crippen molar-refractivity contribution in [2.45, 2.75) is 12.5 Å². The molecule has 2 nitrogen and oxygen atoms in total. The van der Waals surface area contributed by atoms with E-state index in [4.69, 9.17) is 5.11 Å². The standard InChI is InChI=1S/C10H14NO/c1-11-10(8-12)7-9-5-3-2-4-6-9/h2-6,10-12H,1,7-8H2. The maximum atomic E-state index is 8.88. The van der Waals surface area contributed by atoms with E-state index in [1.165, 1.54) is 5.56 Å². The summed E-state index contributed by atoms with van der Waals surface area (Å²) in [7, 11) is 3.54. The molecule has 0 aliphatic rings. The fourth-order valence-electron chi connectivity index (χ4n) is 1.10. The summed E-state index contributed by atoms with van der Waals surface area (Å²) in [6.07, 6.45) is 0.820. The molecule has 0 aromatic heterocycles. The molecule has 0 amide bonds. The second-order valence-corrected chi connectivity index (χ2v) is 2.77. The first kappa shape index (κ1) is 9.23. The fourth-order valence-corrected chi connectivity index (χ4v) is 1.10. The van der Waals surface area contributed by atoms with Crippen LogP contribution in [0.5, 0.6) is 0 Å². The van der Waals surface area contributed by atoms with Gasteiger partial charge >= 0.3 is 0 Å². The van der Waals surface area contributed by atoms with Crippen LogP contribution in [0.15, 0.2) is 30.3 Å². The lowest BCUT2D eigenvalue weighted by Crippen LogP contribution is -2.29. The Bertz CT molecular complexity index is 206. The number of hydrogen-bond donors (Lipinski definition) is 2. The lowest BCUT2D eigenvalue weighted by Gasteiger charge is -2.12. The molecule has 0 bridgehead atoms. The number of hydrogen-bond acceptors (Lipinski definition) is 2. The molecule has 1 atom stereocenters. The first-order valence-electron chi connectivity index (χ1n) is 4.04. The molecule has 0 aliphatic carbocycles. The number of aliphatic hydroxyl groups is 1. The first-order chi connectivity index (χ1) is 5.86. The van der Waals surface area contributed by atoms with E-state index in [0.717, 1.165) is 6.42 Å². The highest BCUT2D eigenvalue weighted by Crippen LogP contribution is 2.02. The zero-order chi connectivity index (χ0) is 8.81. The van der Waals surface area contributed by atoms with Crippen LogP contribution >= 0.6 is 0 Å². The monoisotopic (exact) mass is 164 g/mol. The number of aliphatic hydroxyl groups excluding tert-OH is 1. The van der Waals surface area contributed by atoms with Crippen molar-refractivity contribution < 1.29 is 5.11 Å². The van der Waals surface area contributed by atoms with Crippen molar-refractivity contribution >= 4 is 0 Å². The van der Waals surface area contributed by atoms with Crippen molar-refractivity contribution in [1.29, 1.82) is 0 Å².